The molecule has 0 unspecified atom stereocenters. The first-order chi connectivity index (χ1) is 21.8. The summed E-state index contributed by atoms with van der Waals surface area (Å²) in [6, 6.07) is 62.7. The molecule has 0 aliphatic heterocycles. The third-order valence-electron chi connectivity index (χ3n) is 8.39. The monoisotopic (exact) mass is 562 g/mol. The summed E-state index contributed by atoms with van der Waals surface area (Å²) in [6.45, 7) is 0. The van der Waals surface area contributed by atoms with Crippen molar-refractivity contribution in [2.75, 3.05) is 5.32 Å². The van der Waals surface area contributed by atoms with E-state index in [0.29, 0.717) is 0 Å². The second kappa shape index (κ2) is 11.1. The van der Waals surface area contributed by atoms with Gasteiger partial charge in [0.2, 0.25) is 0 Å². The number of nitrogens with one attached hydrogen (secondary N) is 1. The van der Waals surface area contributed by atoms with Gasteiger partial charge in [-0.15, -0.1) is 0 Å². The van der Waals surface area contributed by atoms with Gasteiger partial charge in [-0.25, -0.2) is 0 Å². The molecule has 44 heavy (non-hydrogen) atoms. The van der Waals surface area contributed by atoms with Gasteiger partial charge >= 0.3 is 0 Å². The summed E-state index contributed by atoms with van der Waals surface area (Å²) in [6.07, 6.45) is 0. The van der Waals surface area contributed by atoms with Crippen molar-refractivity contribution in [3.8, 4) is 39.1 Å². The first kappa shape index (κ1) is 25.8. The van der Waals surface area contributed by atoms with E-state index in [1.54, 1.807) is 0 Å². The van der Waals surface area contributed by atoms with Crippen LogP contribution in [0.5, 0.6) is 0 Å². The van der Waals surface area contributed by atoms with E-state index in [4.69, 9.17) is 0 Å². The number of hydrogen-bond acceptors (Lipinski definition) is 1. The molecule has 1 N–H and O–H groups in total. The number of nitrogens with zero attached hydrogens (tertiary/aromatic N) is 1. The summed E-state index contributed by atoms with van der Waals surface area (Å²) in [4.78, 5) is 0. The van der Waals surface area contributed by atoms with E-state index in [1.807, 2.05) is 6.07 Å². The van der Waals surface area contributed by atoms with E-state index in [1.165, 1.54) is 55.2 Å². The van der Waals surface area contributed by atoms with Crippen molar-refractivity contribution in [1.29, 1.82) is 0 Å². The van der Waals surface area contributed by atoms with E-state index in [-0.39, 0.29) is 0 Å². The van der Waals surface area contributed by atoms with Gasteiger partial charge in [0, 0.05) is 33.4 Å². The van der Waals surface area contributed by atoms with Gasteiger partial charge in [0.25, 0.3) is 0 Å². The minimum atomic E-state index is 1.08. The summed E-state index contributed by atoms with van der Waals surface area (Å²) in [7, 11) is 0. The Balaban J connectivity index is 1.20. The summed E-state index contributed by atoms with van der Waals surface area (Å²) in [5, 5.41) is 6.11. The Morgan fingerprint density at radius 1 is 0.364 bits per heavy atom. The molecule has 0 aliphatic rings. The first-order valence-electron chi connectivity index (χ1n) is 15.0. The average molecular weight is 563 g/mol. The molecule has 0 spiro atoms. The molecule has 2 heteroatoms. The SMILES string of the molecule is c1ccc(Nc2ccccc2-c2cccc(-c3ccc4c(c3)c3ccccc3n4-c3ccc(-c4ccccc4)cc3)c2)cc1. The second-order valence-electron chi connectivity index (χ2n) is 11.1. The number of para-hydroxylation sites is 3. The third-order valence-corrected chi connectivity index (χ3v) is 8.39. The van der Waals surface area contributed by atoms with Gasteiger partial charge in [-0.1, -0.05) is 121 Å². The van der Waals surface area contributed by atoms with Crippen LogP contribution in [0.25, 0.3) is 60.9 Å². The molecule has 0 atom stereocenters. The Labute approximate surface area is 257 Å². The predicted molar refractivity (Wildman–Crippen MR) is 187 cm³/mol. The summed E-state index contributed by atoms with van der Waals surface area (Å²) in [5.74, 6) is 0. The fourth-order valence-electron chi connectivity index (χ4n) is 6.25. The van der Waals surface area contributed by atoms with Gasteiger partial charge in [-0.3, -0.25) is 0 Å². The maximum Gasteiger partial charge on any atom is 0.0541 e. The lowest BCUT2D eigenvalue weighted by molar-refractivity contribution is 1.18. The van der Waals surface area contributed by atoms with Crippen LogP contribution in [-0.4, -0.2) is 4.57 Å². The van der Waals surface area contributed by atoms with Crippen LogP contribution in [0.3, 0.4) is 0 Å². The zero-order valence-electron chi connectivity index (χ0n) is 24.2. The molecule has 1 aromatic heterocycles. The highest BCUT2D eigenvalue weighted by Crippen LogP contribution is 2.37. The molecule has 0 fully saturated rings. The molecule has 7 aromatic carbocycles. The Kier molecular flexibility index (Phi) is 6.51. The zero-order valence-corrected chi connectivity index (χ0v) is 24.2. The van der Waals surface area contributed by atoms with Gasteiger partial charge in [0.15, 0.2) is 0 Å². The van der Waals surface area contributed by atoms with E-state index >= 15 is 0 Å². The molecule has 0 amide bonds. The molecule has 0 bridgehead atoms. The molecule has 0 aliphatic carbocycles. The number of benzene rings is 7. The minimum absolute atomic E-state index is 1.08. The number of hydrogen-bond donors (Lipinski definition) is 1. The Hall–Kier alpha value is -5.86. The maximum atomic E-state index is 3.60. The van der Waals surface area contributed by atoms with Crippen LogP contribution in [-0.2, 0) is 0 Å². The minimum Gasteiger partial charge on any atom is -0.355 e. The Bertz CT molecular complexity index is 2230. The third kappa shape index (κ3) is 4.73. The summed E-state index contributed by atoms with van der Waals surface area (Å²) in [5.41, 5.74) is 13.0. The highest BCUT2D eigenvalue weighted by Gasteiger charge is 2.14. The van der Waals surface area contributed by atoms with Crippen LogP contribution in [0.1, 0.15) is 0 Å². The van der Waals surface area contributed by atoms with Crippen LogP contribution in [0.15, 0.2) is 176 Å². The van der Waals surface area contributed by atoms with Gasteiger partial charge in [0.05, 0.1) is 11.0 Å². The zero-order chi connectivity index (χ0) is 29.3. The van der Waals surface area contributed by atoms with Gasteiger partial charge in [-0.2, -0.15) is 0 Å². The average Bonchev–Trinajstić information content (AvgIpc) is 3.43. The molecule has 0 saturated heterocycles. The van der Waals surface area contributed by atoms with Crippen molar-refractivity contribution in [3.63, 3.8) is 0 Å². The number of fused-ring (bicyclic) bond motifs is 3. The lowest BCUT2D eigenvalue weighted by atomic mass is 9.97. The molecular formula is C42H30N2. The standard InChI is InChI=1S/C42H30N2/c1-3-12-30(13-4-1)31-22-25-36(26-23-31)44-41-21-10-8-19-38(41)39-29-33(24-27-42(39)44)32-14-11-15-34(28-32)37-18-7-9-20-40(37)43-35-16-5-2-6-17-35/h1-29,43H. The first-order valence-corrected chi connectivity index (χ1v) is 15.0. The van der Waals surface area contributed by atoms with Crippen LogP contribution >= 0.6 is 0 Å². The number of anilines is 2. The maximum absolute atomic E-state index is 3.60. The van der Waals surface area contributed by atoms with E-state index in [2.05, 4.69) is 180 Å². The van der Waals surface area contributed by atoms with Crippen molar-refractivity contribution in [2.45, 2.75) is 0 Å². The van der Waals surface area contributed by atoms with Gasteiger partial charge < -0.3 is 9.88 Å². The quantitative estimate of drug-likeness (QED) is 0.213. The van der Waals surface area contributed by atoms with E-state index < -0.39 is 0 Å². The second-order valence-corrected chi connectivity index (χ2v) is 11.1. The highest BCUT2D eigenvalue weighted by molar-refractivity contribution is 6.10. The Morgan fingerprint density at radius 2 is 0.955 bits per heavy atom. The summed E-state index contributed by atoms with van der Waals surface area (Å²) >= 11 is 0. The van der Waals surface area contributed by atoms with E-state index in [0.717, 1.165) is 17.1 Å². The smallest absolute Gasteiger partial charge is 0.0541 e. The normalized spacial score (nSPS) is 11.2. The van der Waals surface area contributed by atoms with Crippen molar-refractivity contribution in [2.24, 2.45) is 0 Å². The molecule has 208 valence electrons. The molecule has 0 saturated carbocycles. The largest absolute Gasteiger partial charge is 0.355 e. The molecular weight excluding hydrogens is 532 g/mol. The van der Waals surface area contributed by atoms with Crippen molar-refractivity contribution in [1.82, 2.24) is 4.57 Å². The van der Waals surface area contributed by atoms with Crippen molar-refractivity contribution in [3.05, 3.63) is 176 Å². The molecule has 1 heterocycles. The van der Waals surface area contributed by atoms with E-state index in [9.17, 15) is 0 Å². The predicted octanol–water partition coefficient (Wildman–Crippen LogP) is 11.5. The lowest BCUT2D eigenvalue weighted by Crippen LogP contribution is -1.94. The molecule has 2 nitrogen and oxygen atoms in total. The molecule has 8 rings (SSSR count). The van der Waals surface area contributed by atoms with Gasteiger partial charge in [0.1, 0.15) is 0 Å². The van der Waals surface area contributed by atoms with Crippen LogP contribution in [0.4, 0.5) is 11.4 Å². The number of rotatable bonds is 6. The van der Waals surface area contributed by atoms with Crippen molar-refractivity contribution < 1.29 is 0 Å². The van der Waals surface area contributed by atoms with Crippen LogP contribution in [0, 0.1) is 0 Å². The fourth-order valence-corrected chi connectivity index (χ4v) is 6.25. The lowest BCUT2D eigenvalue weighted by Gasteiger charge is -2.13. The number of aromatic nitrogens is 1. The van der Waals surface area contributed by atoms with Crippen molar-refractivity contribution >= 4 is 33.2 Å². The highest BCUT2D eigenvalue weighted by atomic mass is 15.0. The summed E-state index contributed by atoms with van der Waals surface area (Å²) < 4.78 is 2.38. The molecule has 8 aromatic rings. The van der Waals surface area contributed by atoms with Crippen LogP contribution < -0.4 is 5.32 Å². The van der Waals surface area contributed by atoms with Gasteiger partial charge in [-0.05, 0) is 82.4 Å². The van der Waals surface area contributed by atoms with Crippen LogP contribution in [0.2, 0.25) is 0 Å². The fraction of sp³-hybridized carbons (Fsp3) is 0. The topological polar surface area (TPSA) is 17.0 Å². The molecule has 0 radical (unpaired) electrons. The Morgan fingerprint density at radius 3 is 1.80 bits per heavy atom.